The smallest absolute Gasteiger partial charge is 0.260 e. The summed E-state index contributed by atoms with van der Waals surface area (Å²) in [6.07, 6.45) is 5.69. The highest BCUT2D eigenvalue weighted by molar-refractivity contribution is 5.77. The minimum absolute atomic E-state index is 0.0116. The quantitative estimate of drug-likeness (QED) is 0.866. The lowest BCUT2D eigenvalue weighted by atomic mass is 10.1. The largest absolute Gasteiger partial charge is 0.484 e. The Morgan fingerprint density at radius 1 is 1.39 bits per heavy atom. The zero-order valence-corrected chi connectivity index (χ0v) is 12.8. The van der Waals surface area contributed by atoms with Crippen molar-refractivity contribution in [3.8, 4) is 11.8 Å². The minimum atomic E-state index is -0.0220. The number of carbonyl (C=O) groups excluding carboxylic acids is 1. The molecule has 1 aliphatic heterocycles. The van der Waals surface area contributed by atoms with Crippen molar-refractivity contribution in [3.63, 3.8) is 0 Å². The zero-order valence-electron chi connectivity index (χ0n) is 12.8. The highest BCUT2D eigenvalue weighted by Gasteiger charge is 2.25. The number of ether oxygens (including phenoxy) is 1. The van der Waals surface area contributed by atoms with Crippen LogP contribution in [0.3, 0.4) is 0 Å². The molecule has 1 aromatic heterocycles. The molecular formula is C17H18N4O2. The molecule has 23 heavy (non-hydrogen) atoms. The Labute approximate surface area is 134 Å². The van der Waals surface area contributed by atoms with Gasteiger partial charge in [-0.2, -0.15) is 10.4 Å². The van der Waals surface area contributed by atoms with E-state index >= 15 is 0 Å². The summed E-state index contributed by atoms with van der Waals surface area (Å²) in [5.74, 6) is 0.573. The van der Waals surface area contributed by atoms with Crippen LogP contribution in [0.25, 0.3) is 0 Å². The van der Waals surface area contributed by atoms with E-state index in [2.05, 4.69) is 5.10 Å². The SMILES string of the molecule is N#Cc1ccc(OCC(=O)N2CCC[C@@H](n3cccn3)C2)cc1. The molecule has 1 atom stereocenters. The van der Waals surface area contributed by atoms with Crippen molar-refractivity contribution >= 4 is 5.91 Å². The van der Waals surface area contributed by atoms with E-state index in [9.17, 15) is 4.79 Å². The Morgan fingerprint density at radius 2 is 2.22 bits per heavy atom. The Balaban J connectivity index is 1.54. The predicted molar refractivity (Wildman–Crippen MR) is 83.7 cm³/mol. The van der Waals surface area contributed by atoms with Gasteiger partial charge in [0.15, 0.2) is 6.61 Å². The fraction of sp³-hybridized carbons (Fsp3) is 0.353. The first-order valence-corrected chi connectivity index (χ1v) is 7.66. The maximum Gasteiger partial charge on any atom is 0.260 e. The number of carbonyl (C=O) groups is 1. The first-order chi connectivity index (χ1) is 11.3. The van der Waals surface area contributed by atoms with E-state index in [0.29, 0.717) is 17.9 Å². The lowest BCUT2D eigenvalue weighted by Gasteiger charge is -2.32. The first-order valence-electron chi connectivity index (χ1n) is 7.66. The van der Waals surface area contributed by atoms with E-state index in [4.69, 9.17) is 10.00 Å². The van der Waals surface area contributed by atoms with Crippen LogP contribution >= 0.6 is 0 Å². The predicted octanol–water partition coefficient (Wildman–Crippen LogP) is 2.00. The average molecular weight is 310 g/mol. The fourth-order valence-corrected chi connectivity index (χ4v) is 2.76. The molecule has 2 heterocycles. The molecule has 0 saturated carbocycles. The highest BCUT2D eigenvalue weighted by atomic mass is 16.5. The monoisotopic (exact) mass is 310 g/mol. The van der Waals surface area contributed by atoms with Crippen LogP contribution in [0.1, 0.15) is 24.4 Å². The van der Waals surface area contributed by atoms with Crippen LogP contribution in [0, 0.1) is 11.3 Å². The number of likely N-dealkylation sites (tertiary alicyclic amines) is 1. The van der Waals surface area contributed by atoms with Crippen LogP contribution in [0.15, 0.2) is 42.7 Å². The summed E-state index contributed by atoms with van der Waals surface area (Å²) in [6.45, 7) is 1.43. The third-order valence-electron chi connectivity index (χ3n) is 3.99. The van der Waals surface area contributed by atoms with Crippen LogP contribution in [-0.2, 0) is 4.79 Å². The van der Waals surface area contributed by atoms with Gasteiger partial charge < -0.3 is 9.64 Å². The van der Waals surface area contributed by atoms with Crippen molar-refractivity contribution in [2.24, 2.45) is 0 Å². The van der Waals surface area contributed by atoms with Crippen LogP contribution < -0.4 is 4.74 Å². The van der Waals surface area contributed by atoms with Gasteiger partial charge in [0.05, 0.1) is 17.7 Å². The second-order valence-electron chi connectivity index (χ2n) is 5.55. The van der Waals surface area contributed by atoms with Gasteiger partial charge in [0.25, 0.3) is 5.91 Å². The summed E-state index contributed by atoms with van der Waals surface area (Å²) in [5.41, 5.74) is 0.571. The molecule has 1 aliphatic rings. The van der Waals surface area contributed by atoms with Crippen molar-refractivity contribution in [3.05, 3.63) is 48.3 Å². The van der Waals surface area contributed by atoms with Gasteiger partial charge in [-0.05, 0) is 43.2 Å². The van der Waals surface area contributed by atoms with Crippen LogP contribution in [0.2, 0.25) is 0 Å². The van der Waals surface area contributed by atoms with Crippen LogP contribution in [0.4, 0.5) is 0 Å². The van der Waals surface area contributed by atoms with Gasteiger partial charge in [-0.25, -0.2) is 0 Å². The molecule has 118 valence electrons. The molecule has 0 aliphatic carbocycles. The highest BCUT2D eigenvalue weighted by Crippen LogP contribution is 2.21. The Hall–Kier alpha value is -2.81. The Morgan fingerprint density at radius 3 is 2.91 bits per heavy atom. The number of hydrogen-bond donors (Lipinski definition) is 0. The number of amides is 1. The molecule has 6 nitrogen and oxygen atoms in total. The lowest BCUT2D eigenvalue weighted by molar-refractivity contribution is -0.135. The molecule has 0 radical (unpaired) electrons. The van der Waals surface area contributed by atoms with Crippen LogP contribution in [-0.4, -0.2) is 40.3 Å². The summed E-state index contributed by atoms with van der Waals surface area (Å²) in [5, 5.41) is 13.0. The summed E-state index contributed by atoms with van der Waals surface area (Å²) in [7, 11) is 0. The van der Waals surface area contributed by atoms with E-state index in [1.807, 2.05) is 27.9 Å². The Kier molecular flexibility index (Phi) is 4.57. The molecule has 0 bridgehead atoms. The van der Waals surface area contributed by atoms with Crippen molar-refractivity contribution in [1.82, 2.24) is 14.7 Å². The zero-order chi connectivity index (χ0) is 16.1. The number of hydrogen-bond acceptors (Lipinski definition) is 4. The normalized spacial score (nSPS) is 17.5. The van der Waals surface area contributed by atoms with Gasteiger partial charge in [-0.15, -0.1) is 0 Å². The minimum Gasteiger partial charge on any atom is -0.484 e. The standard InChI is InChI=1S/C17H18N4O2/c18-11-14-4-6-16(7-5-14)23-13-17(22)20-9-1-3-15(12-20)21-10-2-8-19-21/h2,4-8,10,15H,1,3,9,12-13H2/t15-/m1/s1. The summed E-state index contributed by atoms with van der Waals surface area (Å²) in [4.78, 5) is 14.2. The molecule has 0 spiro atoms. The van der Waals surface area contributed by atoms with Crippen LogP contribution in [0.5, 0.6) is 5.75 Å². The second-order valence-corrected chi connectivity index (χ2v) is 5.55. The number of rotatable bonds is 4. The van der Waals surface area contributed by atoms with E-state index in [-0.39, 0.29) is 18.6 Å². The number of piperidine rings is 1. The van der Waals surface area contributed by atoms with Gasteiger partial charge in [-0.3, -0.25) is 9.48 Å². The third kappa shape index (κ3) is 3.69. The molecule has 1 amide bonds. The van der Waals surface area contributed by atoms with E-state index in [1.54, 1.807) is 30.5 Å². The number of nitriles is 1. The number of benzene rings is 1. The van der Waals surface area contributed by atoms with Gasteiger partial charge in [0.1, 0.15) is 5.75 Å². The summed E-state index contributed by atoms with van der Waals surface area (Å²) >= 11 is 0. The molecular weight excluding hydrogens is 292 g/mol. The van der Waals surface area contributed by atoms with Gasteiger partial charge in [0.2, 0.25) is 0 Å². The molecule has 0 unspecified atom stereocenters. The van der Waals surface area contributed by atoms with E-state index in [0.717, 1.165) is 19.4 Å². The van der Waals surface area contributed by atoms with Crippen molar-refractivity contribution < 1.29 is 9.53 Å². The summed E-state index contributed by atoms with van der Waals surface area (Å²) in [6, 6.07) is 10.9. The van der Waals surface area contributed by atoms with Gasteiger partial charge >= 0.3 is 0 Å². The van der Waals surface area contributed by atoms with Gasteiger partial charge in [0, 0.05) is 25.5 Å². The van der Waals surface area contributed by atoms with Crippen molar-refractivity contribution in [2.75, 3.05) is 19.7 Å². The van der Waals surface area contributed by atoms with Crippen molar-refractivity contribution in [2.45, 2.75) is 18.9 Å². The molecule has 0 N–H and O–H groups in total. The lowest BCUT2D eigenvalue weighted by Crippen LogP contribution is -2.43. The van der Waals surface area contributed by atoms with E-state index in [1.165, 1.54) is 0 Å². The first kappa shape index (κ1) is 15.1. The molecule has 1 saturated heterocycles. The third-order valence-corrected chi connectivity index (χ3v) is 3.99. The molecule has 6 heteroatoms. The van der Waals surface area contributed by atoms with E-state index < -0.39 is 0 Å². The molecule has 3 rings (SSSR count). The summed E-state index contributed by atoms with van der Waals surface area (Å²) < 4.78 is 7.44. The second kappa shape index (κ2) is 6.97. The molecule has 1 aromatic carbocycles. The van der Waals surface area contributed by atoms with Crippen molar-refractivity contribution in [1.29, 1.82) is 5.26 Å². The maximum atomic E-state index is 12.3. The van der Waals surface area contributed by atoms with Gasteiger partial charge in [-0.1, -0.05) is 0 Å². The Bertz CT molecular complexity index is 688. The number of nitrogens with zero attached hydrogens (tertiary/aromatic N) is 4. The topological polar surface area (TPSA) is 71.2 Å². The maximum absolute atomic E-state index is 12.3. The average Bonchev–Trinajstić information content (AvgIpc) is 3.15. The molecule has 2 aromatic rings. The number of aromatic nitrogens is 2. The fourth-order valence-electron chi connectivity index (χ4n) is 2.76. The molecule has 1 fully saturated rings.